The molecule has 1 fully saturated rings. The molecule has 1 saturated heterocycles. The summed E-state index contributed by atoms with van der Waals surface area (Å²) in [5, 5.41) is 10.4. The van der Waals surface area contributed by atoms with E-state index in [-0.39, 0.29) is 6.54 Å². The summed E-state index contributed by atoms with van der Waals surface area (Å²) in [6, 6.07) is 1.75. The van der Waals surface area contributed by atoms with Crippen LogP contribution in [0.3, 0.4) is 0 Å². The molecule has 5 nitrogen and oxygen atoms in total. The number of hydrogen-bond donors (Lipinski definition) is 1. The number of carbonyl (C=O) groups excluding carboxylic acids is 2. The summed E-state index contributed by atoms with van der Waals surface area (Å²) in [7, 11) is 0. The zero-order valence-electron chi connectivity index (χ0n) is 8.12. The van der Waals surface area contributed by atoms with E-state index in [1.807, 2.05) is 6.92 Å². The number of amides is 2. The molecular formula is C9H13N3O2. The molecule has 1 aliphatic heterocycles. The molecule has 0 spiro atoms. The number of rotatable bonds is 1. The van der Waals surface area contributed by atoms with E-state index in [0.717, 1.165) is 6.42 Å². The largest absolute Gasteiger partial charge is 0.335 e. The van der Waals surface area contributed by atoms with Crippen LogP contribution in [0.5, 0.6) is 0 Å². The second-order valence-electron chi connectivity index (χ2n) is 3.49. The van der Waals surface area contributed by atoms with E-state index in [2.05, 4.69) is 5.32 Å². The summed E-state index contributed by atoms with van der Waals surface area (Å²) >= 11 is 0. The van der Waals surface area contributed by atoms with Gasteiger partial charge in [-0.05, 0) is 12.3 Å². The van der Waals surface area contributed by atoms with Gasteiger partial charge in [0.05, 0.1) is 6.07 Å². The van der Waals surface area contributed by atoms with Gasteiger partial charge in [0.1, 0.15) is 6.54 Å². The Hall–Kier alpha value is -1.57. The zero-order chi connectivity index (χ0) is 10.6. The van der Waals surface area contributed by atoms with Crippen LogP contribution in [0.2, 0.25) is 0 Å². The van der Waals surface area contributed by atoms with Crippen LogP contribution in [0.4, 0.5) is 0 Å². The van der Waals surface area contributed by atoms with E-state index in [1.54, 1.807) is 6.07 Å². The van der Waals surface area contributed by atoms with Gasteiger partial charge in [0.2, 0.25) is 0 Å². The van der Waals surface area contributed by atoms with Gasteiger partial charge in [-0.25, -0.2) is 0 Å². The molecule has 0 aromatic carbocycles. The van der Waals surface area contributed by atoms with Crippen LogP contribution in [-0.4, -0.2) is 36.3 Å². The van der Waals surface area contributed by atoms with Gasteiger partial charge in [0, 0.05) is 13.1 Å². The molecule has 76 valence electrons. The monoisotopic (exact) mass is 195 g/mol. The standard InChI is InChI=1S/C9H13N3O2/c1-7-2-5-12(6-7)9(14)8(13)11-4-3-10/h7H,2,4-6H2,1H3,(H,11,13). The Kier molecular flexibility index (Phi) is 3.46. The minimum Gasteiger partial charge on any atom is -0.335 e. The van der Waals surface area contributed by atoms with Crippen LogP contribution in [0, 0.1) is 17.2 Å². The van der Waals surface area contributed by atoms with Crippen molar-refractivity contribution < 1.29 is 9.59 Å². The van der Waals surface area contributed by atoms with Gasteiger partial charge in [0.15, 0.2) is 0 Å². The van der Waals surface area contributed by atoms with E-state index in [4.69, 9.17) is 5.26 Å². The van der Waals surface area contributed by atoms with Crippen molar-refractivity contribution in [1.29, 1.82) is 5.26 Å². The van der Waals surface area contributed by atoms with Gasteiger partial charge < -0.3 is 10.2 Å². The van der Waals surface area contributed by atoms with Crippen molar-refractivity contribution in [3.63, 3.8) is 0 Å². The van der Waals surface area contributed by atoms with E-state index >= 15 is 0 Å². The van der Waals surface area contributed by atoms with Crippen LogP contribution >= 0.6 is 0 Å². The fourth-order valence-electron chi connectivity index (χ4n) is 1.46. The Morgan fingerprint density at radius 2 is 2.36 bits per heavy atom. The highest BCUT2D eigenvalue weighted by atomic mass is 16.2. The lowest BCUT2D eigenvalue weighted by Crippen LogP contribution is -2.41. The highest BCUT2D eigenvalue weighted by Gasteiger charge is 2.27. The summed E-state index contributed by atoms with van der Waals surface area (Å²) in [4.78, 5) is 24.1. The molecule has 0 aromatic rings. The second kappa shape index (κ2) is 4.61. The molecule has 0 aliphatic carbocycles. The van der Waals surface area contributed by atoms with E-state index in [0.29, 0.717) is 19.0 Å². The molecule has 1 atom stereocenters. The molecule has 1 unspecified atom stereocenters. The highest BCUT2D eigenvalue weighted by Crippen LogP contribution is 2.14. The van der Waals surface area contributed by atoms with Crippen molar-refractivity contribution in [3.05, 3.63) is 0 Å². The van der Waals surface area contributed by atoms with Crippen molar-refractivity contribution in [1.82, 2.24) is 10.2 Å². The normalized spacial score (nSPS) is 20.3. The Labute approximate surface area is 82.7 Å². The molecule has 2 amide bonds. The summed E-state index contributed by atoms with van der Waals surface area (Å²) in [6.45, 7) is 3.20. The topological polar surface area (TPSA) is 73.2 Å². The SMILES string of the molecule is CC1CCN(C(=O)C(=O)NCC#N)C1. The van der Waals surface area contributed by atoms with Gasteiger partial charge in [0.25, 0.3) is 0 Å². The predicted molar refractivity (Wildman–Crippen MR) is 49.0 cm³/mol. The van der Waals surface area contributed by atoms with Crippen LogP contribution in [0.15, 0.2) is 0 Å². The van der Waals surface area contributed by atoms with Gasteiger partial charge in [-0.15, -0.1) is 0 Å². The third-order valence-electron chi connectivity index (χ3n) is 2.23. The highest BCUT2D eigenvalue weighted by molar-refractivity contribution is 6.35. The summed E-state index contributed by atoms with van der Waals surface area (Å²) < 4.78 is 0. The molecule has 0 aromatic heterocycles. The van der Waals surface area contributed by atoms with E-state index in [9.17, 15) is 9.59 Å². The molecule has 5 heteroatoms. The average molecular weight is 195 g/mol. The first-order valence-electron chi connectivity index (χ1n) is 4.59. The van der Waals surface area contributed by atoms with Crippen molar-refractivity contribution in [3.8, 4) is 6.07 Å². The molecule has 14 heavy (non-hydrogen) atoms. The maximum atomic E-state index is 11.4. The molecule has 1 aliphatic rings. The van der Waals surface area contributed by atoms with Gasteiger partial charge in [-0.1, -0.05) is 6.92 Å². The Bertz CT molecular complexity index is 282. The quantitative estimate of drug-likeness (QED) is 0.452. The van der Waals surface area contributed by atoms with Crippen LogP contribution in [0.25, 0.3) is 0 Å². The summed E-state index contributed by atoms with van der Waals surface area (Å²) in [6.07, 6.45) is 0.942. The zero-order valence-corrected chi connectivity index (χ0v) is 8.12. The number of hydrogen-bond acceptors (Lipinski definition) is 3. The van der Waals surface area contributed by atoms with Crippen LogP contribution in [0.1, 0.15) is 13.3 Å². The lowest BCUT2D eigenvalue weighted by Gasteiger charge is -2.14. The molecule has 1 rings (SSSR count). The number of carbonyl (C=O) groups is 2. The van der Waals surface area contributed by atoms with Gasteiger partial charge >= 0.3 is 11.8 Å². The Morgan fingerprint density at radius 3 is 2.86 bits per heavy atom. The number of nitrogens with one attached hydrogen (secondary N) is 1. The van der Waals surface area contributed by atoms with Crippen molar-refractivity contribution in [2.45, 2.75) is 13.3 Å². The fraction of sp³-hybridized carbons (Fsp3) is 0.667. The molecule has 0 radical (unpaired) electrons. The third kappa shape index (κ3) is 2.46. The van der Waals surface area contributed by atoms with Crippen molar-refractivity contribution in [2.24, 2.45) is 5.92 Å². The van der Waals surface area contributed by atoms with Gasteiger partial charge in [-0.2, -0.15) is 5.26 Å². The third-order valence-corrected chi connectivity index (χ3v) is 2.23. The van der Waals surface area contributed by atoms with Gasteiger partial charge in [-0.3, -0.25) is 9.59 Å². The minimum atomic E-state index is -0.680. The minimum absolute atomic E-state index is 0.117. The lowest BCUT2D eigenvalue weighted by atomic mass is 10.2. The number of nitriles is 1. The summed E-state index contributed by atoms with van der Waals surface area (Å²) in [5.74, 6) is -0.743. The van der Waals surface area contributed by atoms with E-state index in [1.165, 1.54) is 4.90 Å². The van der Waals surface area contributed by atoms with Crippen LogP contribution in [-0.2, 0) is 9.59 Å². The molecule has 0 bridgehead atoms. The fourth-order valence-corrected chi connectivity index (χ4v) is 1.46. The number of likely N-dealkylation sites (tertiary alicyclic amines) is 1. The lowest BCUT2D eigenvalue weighted by molar-refractivity contribution is -0.145. The first-order chi connectivity index (χ1) is 6.65. The molecule has 1 heterocycles. The van der Waals surface area contributed by atoms with Crippen molar-refractivity contribution >= 4 is 11.8 Å². The first kappa shape index (κ1) is 10.5. The molecule has 1 N–H and O–H groups in total. The predicted octanol–water partition coefficient (Wildman–Crippen LogP) is -0.505. The Morgan fingerprint density at radius 1 is 1.64 bits per heavy atom. The van der Waals surface area contributed by atoms with E-state index < -0.39 is 11.8 Å². The summed E-state index contributed by atoms with van der Waals surface area (Å²) in [5.41, 5.74) is 0. The maximum absolute atomic E-state index is 11.4. The number of nitrogens with zero attached hydrogens (tertiary/aromatic N) is 2. The van der Waals surface area contributed by atoms with Crippen LogP contribution < -0.4 is 5.32 Å². The second-order valence-corrected chi connectivity index (χ2v) is 3.49. The smallest absolute Gasteiger partial charge is 0.311 e. The maximum Gasteiger partial charge on any atom is 0.311 e. The Balaban J connectivity index is 2.41. The first-order valence-corrected chi connectivity index (χ1v) is 4.59. The average Bonchev–Trinajstić information content (AvgIpc) is 2.60. The van der Waals surface area contributed by atoms with Crippen molar-refractivity contribution in [2.75, 3.05) is 19.6 Å². The molecule has 0 saturated carbocycles. The molecular weight excluding hydrogens is 182 g/mol.